The molecule has 4 aliphatic rings. The highest BCUT2D eigenvalue weighted by Gasteiger charge is 2.66. The number of hydrogen-bond donors (Lipinski definition) is 1. The molecule has 0 aromatic heterocycles. The number of carbonyl (C=O) groups excluding carboxylic acids is 2. The molecule has 42 heavy (non-hydrogen) atoms. The fourth-order valence-electron chi connectivity index (χ4n) is 10.7. The number of ether oxygens (including phenoxy) is 2. The molecule has 0 unspecified atom stereocenters. The molecule has 0 heterocycles. The number of carbonyl (C=O) groups is 3. The molecule has 0 saturated heterocycles. The van der Waals surface area contributed by atoms with Gasteiger partial charge in [-0.25, -0.2) is 4.79 Å². The average Bonchev–Trinajstić information content (AvgIpc) is 3.29. The van der Waals surface area contributed by atoms with E-state index in [1.165, 1.54) is 6.92 Å². The van der Waals surface area contributed by atoms with Gasteiger partial charge in [-0.3, -0.25) is 9.59 Å². The zero-order valence-electron chi connectivity index (χ0n) is 25.9. The van der Waals surface area contributed by atoms with Crippen LogP contribution in [0, 0.1) is 55.8 Å². The van der Waals surface area contributed by atoms with Crippen molar-refractivity contribution in [2.75, 3.05) is 0 Å². The Morgan fingerprint density at radius 1 is 1.02 bits per heavy atom. The fraction of sp³-hybridized carbons (Fsp3) is 0.743. The molecule has 1 N–H and O–H groups in total. The molecule has 232 valence electrons. The number of benzene rings is 1. The van der Waals surface area contributed by atoms with Crippen LogP contribution < -0.4 is 0 Å². The maximum Gasteiger partial charge on any atom is 0.338 e. The van der Waals surface area contributed by atoms with Crippen LogP contribution in [-0.4, -0.2) is 35.2 Å². The Morgan fingerprint density at radius 3 is 2.40 bits per heavy atom. The van der Waals surface area contributed by atoms with E-state index >= 15 is 0 Å². The molecule has 7 heteroatoms. The highest BCUT2D eigenvalue weighted by molar-refractivity contribution is 14.1. The highest BCUT2D eigenvalue weighted by Crippen LogP contribution is 2.70. The van der Waals surface area contributed by atoms with Gasteiger partial charge in [-0.05, 0) is 145 Å². The molecule has 0 spiro atoms. The zero-order valence-corrected chi connectivity index (χ0v) is 28.1. The fourth-order valence-corrected chi connectivity index (χ4v) is 11.3. The van der Waals surface area contributed by atoms with Crippen molar-refractivity contribution in [1.82, 2.24) is 0 Å². The Labute approximate surface area is 265 Å². The lowest BCUT2D eigenvalue weighted by Gasteiger charge is -2.65. The van der Waals surface area contributed by atoms with E-state index in [1.54, 1.807) is 0 Å². The number of carboxylic acids is 1. The van der Waals surface area contributed by atoms with Crippen molar-refractivity contribution >= 4 is 40.5 Å². The van der Waals surface area contributed by atoms with Crippen LogP contribution >= 0.6 is 22.6 Å². The molecule has 0 bridgehead atoms. The minimum absolute atomic E-state index is 0.0713. The van der Waals surface area contributed by atoms with Crippen LogP contribution in [0.2, 0.25) is 0 Å². The number of halogens is 1. The van der Waals surface area contributed by atoms with Crippen molar-refractivity contribution in [3.05, 3.63) is 33.4 Å². The largest absolute Gasteiger partial charge is 0.481 e. The van der Waals surface area contributed by atoms with Crippen molar-refractivity contribution in [3.63, 3.8) is 0 Å². The lowest BCUT2D eigenvalue weighted by atomic mass is 9.41. The van der Waals surface area contributed by atoms with Crippen LogP contribution in [0.4, 0.5) is 0 Å². The van der Waals surface area contributed by atoms with Crippen LogP contribution in [-0.2, 0) is 19.1 Å². The molecule has 0 amide bonds. The molecule has 5 rings (SSSR count). The third-order valence-corrected chi connectivity index (χ3v) is 13.2. The van der Waals surface area contributed by atoms with Gasteiger partial charge < -0.3 is 14.6 Å². The molecule has 0 aliphatic heterocycles. The standard InChI is InChI=1S/C35H49IO6/c1-6-25-29-19-24(41-21(3)37)14-16-35(29,5)28-15-17-34(4)26(20(2)10-13-30(38)39)11-12-27(34)31(28)32(25)42-33(40)22-8-7-9-23(36)18-22/h7-9,18,20,24-29,31-32H,6,10-17,19H2,1-5H3,(H,38,39)/t20-,24-,25-,26-,27+,28+,29+,31+,32-,34-,35-/m1/s1. The zero-order chi connectivity index (χ0) is 30.4. The summed E-state index contributed by atoms with van der Waals surface area (Å²) in [6.45, 7) is 11.0. The molecule has 4 fully saturated rings. The van der Waals surface area contributed by atoms with Crippen LogP contribution in [0.3, 0.4) is 0 Å². The van der Waals surface area contributed by atoms with Gasteiger partial charge >= 0.3 is 17.9 Å². The van der Waals surface area contributed by atoms with E-state index in [9.17, 15) is 19.5 Å². The van der Waals surface area contributed by atoms with E-state index in [0.29, 0.717) is 35.2 Å². The van der Waals surface area contributed by atoms with Crippen molar-refractivity contribution < 1.29 is 29.0 Å². The predicted molar refractivity (Wildman–Crippen MR) is 170 cm³/mol. The normalized spacial score (nSPS) is 39.8. The summed E-state index contributed by atoms with van der Waals surface area (Å²) in [6.07, 6.45) is 8.87. The monoisotopic (exact) mass is 692 g/mol. The molecule has 4 saturated carbocycles. The molecule has 1 aromatic carbocycles. The summed E-state index contributed by atoms with van der Waals surface area (Å²) < 4.78 is 13.5. The summed E-state index contributed by atoms with van der Waals surface area (Å²) in [4.78, 5) is 37.1. The Balaban J connectivity index is 1.51. The van der Waals surface area contributed by atoms with Crippen molar-refractivity contribution in [2.45, 2.75) is 111 Å². The maximum atomic E-state index is 13.8. The number of aliphatic carboxylic acids is 1. The smallest absolute Gasteiger partial charge is 0.338 e. The first-order valence-electron chi connectivity index (χ1n) is 16.2. The second kappa shape index (κ2) is 12.4. The summed E-state index contributed by atoms with van der Waals surface area (Å²) in [5.74, 6) is 1.38. The van der Waals surface area contributed by atoms with Gasteiger partial charge in [0.1, 0.15) is 12.2 Å². The van der Waals surface area contributed by atoms with Gasteiger partial charge in [0.15, 0.2) is 0 Å². The summed E-state index contributed by atoms with van der Waals surface area (Å²) in [5.41, 5.74) is 0.831. The Kier molecular flexibility index (Phi) is 9.38. The second-order valence-corrected chi connectivity index (χ2v) is 15.7. The van der Waals surface area contributed by atoms with Crippen LogP contribution in [0.1, 0.15) is 109 Å². The van der Waals surface area contributed by atoms with Crippen molar-refractivity contribution in [2.24, 2.45) is 52.3 Å². The first-order valence-corrected chi connectivity index (χ1v) is 17.3. The Bertz CT molecular complexity index is 1180. The van der Waals surface area contributed by atoms with Gasteiger partial charge in [0, 0.05) is 22.8 Å². The summed E-state index contributed by atoms with van der Waals surface area (Å²) in [6, 6.07) is 7.67. The van der Waals surface area contributed by atoms with Crippen LogP contribution in [0.25, 0.3) is 0 Å². The first-order chi connectivity index (χ1) is 19.9. The summed E-state index contributed by atoms with van der Waals surface area (Å²) >= 11 is 2.24. The van der Waals surface area contributed by atoms with Crippen molar-refractivity contribution in [1.29, 1.82) is 0 Å². The van der Waals surface area contributed by atoms with Gasteiger partial charge in [-0.15, -0.1) is 0 Å². The topological polar surface area (TPSA) is 89.9 Å². The minimum Gasteiger partial charge on any atom is -0.481 e. The Morgan fingerprint density at radius 2 is 1.74 bits per heavy atom. The maximum absolute atomic E-state index is 13.8. The van der Waals surface area contributed by atoms with E-state index in [1.807, 2.05) is 24.3 Å². The molecule has 1 aromatic rings. The number of hydrogen-bond acceptors (Lipinski definition) is 5. The molecule has 11 atom stereocenters. The van der Waals surface area contributed by atoms with E-state index in [2.05, 4.69) is 50.3 Å². The Hall–Kier alpha value is -1.64. The van der Waals surface area contributed by atoms with E-state index < -0.39 is 5.97 Å². The minimum atomic E-state index is -0.714. The second-order valence-electron chi connectivity index (χ2n) is 14.5. The SMILES string of the molecule is CC[C@H]1[C@@H](OC(=O)c2cccc(I)c2)[C@@H]2[C@H](CC[C@]3(C)[C@@H]([C@H](C)CCC(=O)O)CC[C@@H]23)[C@@]2(C)CC[C@@H](OC(C)=O)C[C@@H]12. The van der Waals surface area contributed by atoms with Gasteiger partial charge in [0.05, 0.1) is 5.56 Å². The lowest BCUT2D eigenvalue weighted by molar-refractivity contribution is -0.207. The number of fused-ring (bicyclic) bond motifs is 5. The van der Waals surface area contributed by atoms with Gasteiger partial charge in [0.25, 0.3) is 0 Å². The van der Waals surface area contributed by atoms with E-state index in [-0.39, 0.29) is 53.2 Å². The molecular weight excluding hydrogens is 643 g/mol. The van der Waals surface area contributed by atoms with Gasteiger partial charge in [-0.1, -0.05) is 33.8 Å². The van der Waals surface area contributed by atoms with Crippen molar-refractivity contribution in [3.8, 4) is 0 Å². The number of rotatable bonds is 8. The predicted octanol–water partition coefficient (Wildman–Crippen LogP) is 8.15. The summed E-state index contributed by atoms with van der Waals surface area (Å²) in [7, 11) is 0. The van der Waals surface area contributed by atoms with Crippen LogP contribution in [0.15, 0.2) is 24.3 Å². The third kappa shape index (κ3) is 5.77. The molecular formula is C35H49IO6. The quantitative estimate of drug-likeness (QED) is 0.219. The molecule has 4 aliphatic carbocycles. The van der Waals surface area contributed by atoms with E-state index in [0.717, 1.165) is 61.4 Å². The van der Waals surface area contributed by atoms with E-state index in [4.69, 9.17) is 9.47 Å². The first kappa shape index (κ1) is 31.8. The molecule has 6 nitrogen and oxygen atoms in total. The highest BCUT2D eigenvalue weighted by atomic mass is 127. The molecule has 0 radical (unpaired) electrons. The van der Waals surface area contributed by atoms with Gasteiger partial charge in [0.2, 0.25) is 0 Å². The van der Waals surface area contributed by atoms with Crippen LogP contribution in [0.5, 0.6) is 0 Å². The number of esters is 2. The van der Waals surface area contributed by atoms with Gasteiger partial charge in [-0.2, -0.15) is 0 Å². The third-order valence-electron chi connectivity index (χ3n) is 12.5. The summed E-state index contributed by atoms with van der Waals surface area (Å²) in [5, 5.41) is 9.37. The lowest BCUT2D eigenvalue weighted by Crippen LogP contribution is -2.63. The average molecular weight is 693 g/mol. The number of carboxylic acid groups (broad SMARTS) is 1.